The predicted octanol–water partition coefficient (Wildman–Crippen LogP) is 4.71. The van der Waals surface area contributed by atoms with Gasteiger partial charge in [0.05, 0.1) is 18.6 Å². The van der Waals surface area contributed by atoms with Gasteiger partial charge in [-0.1, -0.05) is 6.07 Å². The Labute approximate surface area is 215 Å². The number of aromatic amines is 1. The van der Waals surface area contributed by atoms with Crippen LogP contribution in [0.5, 0.6) is 5.75 Å². The van der Waals surface area contributed by atoms with E-state index in [1.54, 1.807) is 24.2 Å². The van der Waals surface area contributed by atoms with E-state index in [1.165, 1.54) is 18.2 Å². The molecule has 3 aromatic rings. The molecule has 0 aliphatic rings. The van der Waals surface area contributed by atoms with Crippen LogP contribution < -0.4 is 20.7 Å². The third-order valence-electron chi connectivity index (χ3n) is 4.45. The van der Waals surface area contributed by atoms with Gasteiger partial charge in [-0.25, -0.2) is 15.0 Å². The zero-order chi connectivity index (χ0) is 26.1. The lowest BCUT2D eigenvalue weighted by Crippen LogP contribution is -2.39. The van der Waals surface area contributed by atoms with E-state index in [1.807, 2.05) is 26.8 Å². The maximum absolute atomic E-state index is 12.5. The summed E-state index contributed by atoms with van der Waals surface area (Å²) in [7, 11) is 0. The number of nitrogens with one attached hydrogen (secondary N) is 4. The SMILES string of the molecule is Cc1cc(C)nc(NC(=NCCSCc2nc[nH]c2C)NC(=S)Nc2cccc(OC(F)(F)F)c2)n1. The zero-order valence-corrected chi connectivity index (χ0v) is 21.4. The van der Waals surface area contributed by atoms with Crippen molar-refractivity contribution in [2.75, 3.05) is 22.9 Å². The second kappa shape index (κ2) is 12.5. The summed E-state index contributed by atoms with van der Waals surface area (Å²) in [6.45, 7) is 6.11. The van der Waals surface area contributed by atoms with Crippen molar-refractivity contribution >= 4 is 46.7 Å². The first-order valence-corrected chi connectivity index (χ1v) is 12.3. The summed E-state index contributed by atoms with van der Waals surface area (Å²) in [5.41, 5.74) is 3.88. The molecular weight excluding hydrogens is 513 g/mol. The number of hydrogen-bond acceptors (Lipinski definition) is 7. The molecule has 14 heteroatoms. The Bertz CT molecular complexity index is 1200. The molecule has 9 nitrogen and oxygen atoms in total. The topological polar surface area (TPSA) is 112 Å². The molecule has 4 N–H and O–H groups in total. The minimum Gasteiger partial charge on any atom is -0.406 e. The maximum atomic E-state index is 12.5. The number of thioether (sulfide) groups is 1. The van der Waals surface area contributed by atoms with E-state index in [9.17, 15) is 13.2 Å². The molecule has 0 radical (unpaired) electrons. The van der Waals surface area contributed by atoms with Crippen molar-refractivity contribution in [3.8, 4) is 5.75 Å². The number of aromatic nitrogens is 4. The van der Waals surface area contributed by atoms with Crippen LogP contribution >= 0.6 is 24.0 Å². The summed E-state index contributed by atoms with van der Waals surface area (Å²) in [5, 5.41) is 8.88. The van der Waals surface area contributed by atoms with E-state index in [4.69, 9.17) is 12.2 Å². The number of aliphatic imine (C=N–C) groups is 1. The number of aryl methyl sites for hydroxylation is 3. The molecule has 1 aromatic carbocycles. The molecule has 0 fully saturated rings. The number of hydrogen-bond donors (Lipinski definition) is 4. The molecular formula is C22H25F3N8OS2. The van der Waals surface area contributed by atoms with Crippen molar-refractivity contribution in [3.63, 3.8) is 0 Å². The fourth-order valence-corrected chi connectivity index (χ4v) is 4.03. The van der Waals surface area contributed by atoms with Crippen molar-refractivity contribution in [1.29, 1.82) is 0 Å². The Morgan fingerprint density at radius 3 is 2.56 bits per heavy atom. The molecule has 0 saturated heterocycles. The molecule has 0 bridgehead atoms. The molecule has 0 unspecified atom stereocenters. The second-order valence-electron chi connectivity index (χ2n) is 7.51. The van der Waals surface area contributed by atoms with Gasteiger partial charge in [0.15, 0.2) is 5.11 Å². The molecule has 2 aromatic heterocycles. The molecule has 0 atom stereocenters. The lowest BCUT2D eigenvalue weighted by Gasteiger charge is -2.15. The fourth-order valence-electron chi connectivity index (χ4n) is 2.96. The van der Waals surface area contributed by atoms with E-state index in [-0.39, 0.29) is 16.8 Å². The number of H-pyrrole nitrogens is 1. The van der Waals surface area contributed by atoms with Crippen LogP contribution in [0.3, 0.4) is 0 Å². The number of anilines is 2. The standard InChI is InChI=1S/C22H25F3N8OS2/c1-13-9-14(2)30-20(29-13)32-19(26-7-8-36-11-18-15(3)27-12-28-18)33-21(35)31-16-5-4-6-17(10-16)34-22(23,24)25/h4-6,9-10,12H,7-8,11H2,1-3H3,(H,27,28)(H3,26,29,30,31,32,33,35). The van der Waals surface area contributed by atoms with Gasteiger partial charge >= 0.3 is 6.36 Å². The highest BCUT2D eigenvalue weighted by molar-refractivity contribution is 7.98. The van der Waals surface area contributed by atoms with E-state index in [0.29, 0.717) is 23.9 Å². The number of imidazole rings is 1. The smallest absolute Gasteiger partial charge is 0.406 e. The lowest BCUT2D eigenvalue weighted by molar-refractivity contribution is -0.274. The van der Waals surface area contributed by atoms with Crippen molar-refractivity contribution in [1.82, 2.24) is 25.3 Å². The van der Waals surface area contributed by atoms with Crippen molar-refractivity contribution < 1.29 is 17.9 Å². The first kappa shape index (κ1) is 27.2. The summed E-state index contributed by atoms with van der Waals surface area (Å²) in [6, 6.07) is 7.20. The highest BCUT2D eigenvalue weighted by Crippen LogP contribution is 2.25. The average Bonchev–Trinajstić information content (AvgIpc) is 3.16. The monoisotopic (exact) mass is 538 g/mol. The van der Waals surface area contributed by atoms with E-state index < -0.39 is 6.36 Å². The Kier molecular flexibility index (Phi) is 9.47. The van der Waals surface area contributed by atoms with Gasteiger partial charge in [-0.3, -0.25) is 10.3 Å². The third-order valence-corrected chi connectivity index (χ3v) is 5.60. The van der Waals surface area contributed by atoms with Gasteiger partial charge in [-0.2, -0.15) is 11.8 Å². The van der Waals surface area contributed by atoms with Gasteiger partial charge in [0.2, 0.25) is 11.9 Å². The van der Waals surface area contributed by atoms with Crippen LogP contribution in [0.1, 0.15) is 22.8 Å². The van der Waals surface area contributed by atoms with Crippen LogP contribution in [0.25, 0.3) is 0 Å². The molecule has 3 rings (SSSR count). The van der Waals surface area contributed by atoms with Gasteiger partial charge in [0.25, 0.3) is 0 Å². The van der Waals surface area contributed by atoms with Gasteiger partial charge in [-0.15, -0.1) is 13.2 Å². The van der Waals surface area contributed by atoms with Gasteiger partial charge < -0.3 is 20.4 Å². The van der Waals surface area contributed by atoms with Crippen LogP contribution in [-0.2, 0) is 5.75 Å². The quantitative estimate of drug-likeness (QED) is 0.140. The Morgan fingerprint density at radius 2 is 1.89 bits per heavy atom. The molecule has 192 valence electrons. The van der Waals surface area contributed by atoms with Crippen molar-refractivity contribution in [2.24, 2.45) is 4.99 Å². The van der Waals surface area contributed by atoms with Crippen LogP contribution in [0.4, 0.5) is 24.8 Å². The number of guanidine groups is 1. The minimum absolute atomic E-state index is 0.106. The van der Waals surface area contributed by atoms with Crippen LogP contribution in [0.15, 0.2) is 41.7 Å². The number of rotatable bonds is 8. The van der Waals surface area contributed by atoms with Crippen LogP contribution in [0.2, 0.25) is 0 Å². The fraction of sp³-hybridized carbons (Fsp3) is 0.318. The Hall–Kier alpha value is -3.39. The molecule has 0 aliphatic carbocycles. The largest absolute Gasteiger partial charge is 0.573 e. The van der Waals surface area contributed by atoms with E-state index in [2.05, 4.69) is 45.6 Å². The summed E-state index contributed by atoms with van der Waals surface area (Å²) in [5.74, 6) is 1.72. The number of benzene rings is 1. The minimum atomic E-state index is -4.79. The van der Waals surface area contributed by atoms with Crippen LogP contribution in [-0.4, -0.2) is 49.7 Å². The number of nitrogens with zero attached hydrogens (tertiary/aromatic N) is 4. The predicted molar refractivity (Wildman–Crippen MR) is 139 cm³/mol. The van der Waals surface area contributed by atoms with Gasteiger partial charge in [0.1, 0.15) is 5.75 Å². The number of halogens is 3. The van der Waals surface area contributed by atoms with Crippen molar-refractivity contribution in [3.05, 3.63) is 59.4 Å². The maximum Gasteiger partial charge on any atom is 0.573 e. The zero-order valence-electron chi connectivity index (χ0n) is 19.7. The molecule has 2 heterocycles. The summed E-state index contributed by atoms with van der Waals surface area (Å²) < 4.78 is 41.5. The highest BCUT2D eigenvalue weighted by Gasteiger charge is 2.31. The molecule has 36 heavy (non-hydrogen) atoms. The second-order valence-corrected chi connectivity index (χ2v) is 9.02. The van der Waals surface area contributed by atoms with Crippen LogP contribution in [0, 0.1) is 20.8 Å². The highest BCUT2D eigenvalue weighted by atomic mass is 32.2. The molecule has 0 aliphatic heterocycles. The summed E-state index contributed by atoms with van der Waals surface area (Å²) in [6.07, 6.45) is -3.13. The third kappa shape index (κ3) is 9.34. The Morgan fingerprint density at radius 1 is 1.14 bits per heavy atom. The molecule has 0 spiro atoms. The molecule has 0 amide bonds. The number of alkyl halides is 3. The first-order valence-electron chi connectivity index (χ1n) is 10.7. The van der Waals surface area contributed by atoms with E-state index in [0.717, 1.165) is 28.5 Å². The molecule has 0 saturated carbocycles. The normalized spacial score (nSPS) is 11.8. The van der Waals surface area contributed by atoms with Crippen molar-refractivity contribution in [2.45, 2.75) is 32.9 Å². The number of ether oxygens (including phenoxy) is 1. The lowest BCUT2D eigenvalue weighted by atomic mass is 10.3. The average molecular weight is 539 g/mol. The van der Waals surface area contributed by atoms with Gasteiger partial charge in [-0.05, 0) is 51.2 Å². The Balaban J connectivity index is 1.64. The summed E-state index contributed by atoms with van der Waals surface area (Å²) in [4.78, 5) is 20.6. The van der Waals surface area contributed by atoms with Gasteiger partial charge in [0, 0.05) is 40.3 Å². The first-order chi connectivity index (χ1) is 17.1. The summed E-state index contributed by atoms with van der Waals surface area (Å²) >= 11 is 7.01. The van der Waals surface area contributed by atoms with E-state index >= 15 is 0 Å². The number of thiocarbonyl (C=S) groups is 1.